The molecule has 0 atom stereocenters. The minimum absolute atomic E-state index is 0.135. The van der Waals surface area contributed by atoms with Crippen LogP contribution in [0.4, 0.5) is 5.69 Å². The van der Waals surface area contributed by atoms with Crippen LogP contribution >= 0.6 is 15.9 Å². The van der Waals surface area contributed by atoms with Crippen LogP contribution in [0.15, 0.2) is 65.7 Å². The van der Waals surface area contributed by atoms with Crippen LogP contribution in [-0.2, 0) is 22.8 Å². The molecule has 3 aromatic rings. The van der Waals surface area contributed by atoms with Gasteiger partial charge >= 0.3 is 0 Å². The predicted octanol–water partition coefficient (Wildman–Crippen LogP) is 3.80. The highest BCUT2D eigenvalue weighted by molar-refractivity contribution is 9.10. The van der Waals surface area contributed by atoms with Crippen molar-refractivity contribution >= 4 is 48.5 Å². The highest BCUT2D eigenvalue weighted by Crippen LogP contribution is 2.30. The largest absolute Gasteiger partial charge is 0.339 e. The summed E-state index contributed by atoms with van der Waals surface area (Å²) in [7, 11) is -1.58. The number of sulfonamides is 1. The first-order valence-corrected chi connectivity index (χ1v) is 11.0. The summed E-state index contributed by atoms with van der Waals surface area (Å²) in [5.74, 6) is -0.386. The zero-order valence-corrected chi connectivity index (χ0v) is 17.7. The van der Waals surface area contributed by atoms with E-state index in [1.807, 2.05) is 35.9 Å². The van der Waals surface area contributed by atoms with Crippen LogP contribution in [0.1, 0.15) is 16.1 Å². The topological polar surface area (TPSA) is 80.2 Å². The lowest BCUT2D eigenvalue weighted by molar-refractivity contribution is 0.101. The van der Waals surface area contributed by atoms with Crippen LogP contribution in [0.2, 0.25) is 0 Å². The highest BCUT2D eigenvalue weighted by Gasteiger charge is 2.19. The molecule has 0 unspecified atom stereocenters. The molecule has 1 amide bonds. The van der Waals surface area contributed by atoms with E-state index in [0.717, 1.165) is 15.4 Å². The molecule has 0 radical (unpaired) electrons. The van der Waals surface area contributed by atoms with E-state index in [-0.39, 0.29) is 18.2 Å². The Morgan fingerprint density at radius 2 is 1.86 bits per heavy atom. The van der Waals surface area contributed by atoms with Crippen LogP contribution in [0.3, 0.4) is 0 Å². The zero-order chi connectivity index (χ0) is 20.3. The number of nitrogens with zero attached hydrogens (tertiary/aromatic N) is 1. The first-order valence-electron chi connectivity index (χ1n) is 8.54. The number of anilines is 1. The smallest absolute Gasteiger partial charge is 0.273 e. The van der Waals surface area contributed by atoms with Crippen LogP contribution in [-0.4, -0.2) is 25.4 Å². The summed E-state index contributed by atoms with van der Waals surface area (Å²) in [6, 6.07) is 14.5. The Kier molecular flexibility index (Phi) is 6.02. The normalized spacial score (nSPS) is 11.5. The third-order valence-electron chi connectivity index (χ3n) is 4.28. The number of fused-ring (bicyclic) bond motifs is 1. The second-order valence-corrected chi connectivity index (χ2v) is 8.89. The minimum Gasteiger partial charge on any atom is -0.339 e. The van der Waals surface area contributed by atoms with Gasteiger partial charge in [-0.1, -0.05) is 36.4 Å². The fraction of sp³-hybridized carbons (Fsp3) is 0.150. The number of aryl methyl sites for hydroxylation is 1. The summed E-state index contributed by atoms with van der Waals surface area (Å²) in [5, 5.41) is 3.82. The molecule has 0 saturated heterocycles. The molecule has 1 heterocycles. The Morgan fingerprint density at radius 1 is 1.18 bits per heavy atom. The molecule has 6 nitrogen and oxygen atoms in total. The van der Waals surface area contributed by atoms with Gasteiger partial charge in [-0.2, -0.15) is 0 Å². The van der Waals surface area contributed by atoms with E-state index in [2.05, 4.69) is 32.5 Å². The van der Waals surface area contributed by atoms with Gasteiger partial charge in [0.2, 0.25) is 10.0 Å². The minimum atomic E-state index is -3.42. The van der Waals surface area contributed by atoms with E-state index in [0.29, 0.717) is 16.9 Å². The second-order valence-electron chi connectivity index (χ2n) is 6.29. The Bertz CT molecular complexity index is 1100. The second kappa shape index (κ2) is 8.30. The van der Waals surface area contributed by atoms with Crippen LogP contribution in [0, 0.1) is 0 Å². The number of carbonyl (C=O) groups excluding carboxylic acids is 1. The van der Waals surface area contributed by atoms with E-state index < -0.39 is 10.0 Å². The fourth-order valence-electron chi connectivity index (χ4n) is 2.93. The lowest BCUT2D eigenvalue weighted by Gasteiger charge is -2.09. The maximum absolute atomic E-state index is 12.8. The van der Waals surface area contributed by atoms with Gasteiger partial charge in [-0.05, 0) is 39.7 Å². The van der Waals surface area contributed by atoms with E-state index in [9.17, 15) is 13.2 Å². The summed E-state index contributed by atoms with van der Waals surface area (Å²) in [5.41, 5.74) is 2.68. The monoisotopic (exact) mass is 461 g/mol. The van der Waals surface area contributed by atoms with E-state index in [1.54, 1.807) is 24.3 Å². The van der Waals surface area contributed by atoms with Gasteiger partial charge in [0.1, 0.15) is 5.69 Å². The predicted molar refractivity (Wildman–Crippen MR) is 116 cm³/mol. The summed E-state index contributed by atoms with van der Waals surface area (Å²) in [4.78, 5) is 12.8. The molecule has 3 rings (SSSR count). The Labute approximate surface area is 172 Å². The number of aromatic nitrogens is 1. The van der Waals surface area contributed by atoms with Crippen molar-refractivity contribution in [3.05, 3.63) is 76.9 Å². The van der Waals surface area contributed by atoms with Gasteiger partial charge in [0, 0.05) is 30.2 Å². The van der Waals surface area contributed by atoms with Crippen molar-refractivity contribution in [2.75, 3.05) is 11.9 Å². The molecule has 2 N–H and O–H groups in total. The molecule has 0 spiro atoms. The standard InChI is InChI=1S/C20H20BrN3O3S/c1-3-12-22-28(26,27)13-14-8-10-15(11-9-14)23-20(25)19-18(21)16-6-4-5-7-17(16)24(19)2/h3-11,22H,1,12-13H2,2H3,(H,23,25). The summed E-state index contributed by atoms with van der Waals surface area (Å²) < 4.78 is 28.9. The first-order chi connectivity index (χ1) is 13.3. The van der Waals surface area contributed by atoms with Crippen molar-refractivity contribution < 1.29 is 13.2 Å². The SMILES string of the molecule is C=CCNS(=O)(=O)Cc1ccc(NC(=O)c2c(Br)c3ccccc3n2C)cc1. The molecule has 0 aliphatic rings. The number of benzene rings is 2. The van der Waals surface area contributed by atoms with Gasteiger partial charge in [-0.3, -0.25) is 4.79 Å². The average Bonchev–Trinajstić information content (AvgIpc) is 2.92. The van der Waals surface area contributed by atoms with Gasteiger partial charge in [0.05, 0.1) is 10.2 Å². The lowest BCUT2D eigenvalue weighted by atomic mass is 10.2. The van der Waals surface area contributed by atoms with E-state index in [4.69, 9.17) is 0 Å². The molecular formula is C20H20BrN3O3S. The van der Waals surface area contributed by atoms with Crippen LogP contribution < -0.4 is 10.0 Å². The van der Waals surface area contributed by atoms with Crippen molar-refractivity contribution in [2.24, 2.45) is 7.05 Å². The Hall–Kier alpha value is -2.42. The molecule has 146 valence electrons. The van der Waals surface area contributed by atoms with Gasteiger partial charge < -0.3 is 9.88 Å². The van der Waals surface area contributed by atoms with Gasteiger partial charge in [-0.15, -0.1) is 6.58 Å². The molecule has 0 aliphatic heterocycles. The fourth-order valence-corrected chi connectivity index (χ4v) is 4.82. The number of hydrogen-bond acceptors (Lipinski definition) is 3. The molecule has 1 aromatic heterocycles. The quantitative estimate of drug-likeness (QED) is 0.525. The Morgan fingerprint density at radius 3 is 2.50 bits per heavy atom. The molecule has 0 saturated carbocycles. The summed E-state index contributed by atoms with van der Waals surface area (Å²) in [6.45, 7) is 3.68. The number of carbonyl (C=O) groups is 1. The first kappa shape index (κ1) is 20.3. The number of nitrogens with one attached hydrogen (secondary N) is 2. The lowest BCUT2D eigenvalue weighted by Crippen LogP contribution is -2.25. The number of halogens is 1. The average molecular weight is 462 g/mol. The molecule has 8 heteroatoms. The number of amides is 1. The van der Waals surface area contributed by atoms with Crippen molar-refractivity contribution in [2.45, 2.75) is 5.75 Å². The van der Waals surface area contributed by atoms with Gasteiger partial charge in [0.15, 0.2) is 0 Å². The third kappa shape index (κ3) is 4.35. The van der Waals surface area contributed by atoms with E-state index >= 15 is 0 Å². The van der Waals surface area contributed by atoms with Crippen molar-refractivity contribution in [1.82, 2.24) is 9.29 Å². The molecule has 0 fully saturated rings. The number of para-hydroxylation sites is 1. The summed E-state index contributed by atoms with van der Waals surface area (Å²) in [6.07, 6.45) is 1.49. The molecule has 28 heavy (non-hydrogen) atoms. The molecule has 2 aromatic carbocycles. The highest BCUT2D eigenvalue weighted by atomic mass is 79.9. The van der Waals surface area contributed by atoms with E-state index in [1.165, 1.54) is 6.08 Å². The number of hydrogen-bond donors (Lipinski definition) is 2. The maximum Gasteiger partial charge on any atom is 0.273 e. The van der Waals surface area contributed by atoms with Gasteiger partial charge in [-0.25, -0.2) is 13.1 Å². The third-order valence-corrected chi connectivity index (χ3v) is 6.40. The van der Waals surface area contributed by atoms with Crippen molar-refractivity contribution in [3.8, 4) is 0 Å². The zero-order valence-electron chi connectivity index (χ0n) is 15.3. The summed E-state index contributed by atoms with van der Waals surface area (Å²) >= 11 is 3.52. The number of rotatable bonds is 7. The maximum atomic E-state index is 12.8. The van der Waals surface area contributed by atoms with Crippen molar-refractivity contribution in [1.29, 1.82) is 0 Å². The Balaban J connectivity index is 1.76. The van der Waals surface area contributed by atoms with Gasteiger partial charge in [0.25, 0.3) is 5.91 Å². The van der Waals surface area contributed by atoms with Crippen LogP contribution in [0.5, 0.6) is 0 Å². The molecular weight excluding hydrogens is 442 g/mol. The molecule has 0 aliphatic carbocycles. The van der Waals surface area contributed by atoms with Crippen LogP contribution in [0.25, 0.3) is 10.9 Å². The van der Waals surface area contributed by atoms with Crippen molar-refractivity contribution in [3.63, 3.8) is 0 Å². The molecule has 0 bridgehead atoms.